The van der Waals surface area contributed by atoms with Crippen molar-refractivity contribution >= 4 is 21.6 Å². The quantitative estimate of drug-likeness (QED) is 0.855. The topological polar surface area (TPSA) is 68.1 Å². The highest BCUT2D eigenvalue weighted by Crippen LogP contribution is 2.36. The molecule has 0 radical (unpaired) electrons. The van der Waals surface area contributed by atoms with Gasteiger partial charge in [0.25, 0.3) is 0 Å². The fourth-order valence-electron chi connectivity index (χ4n) is 2.69. The molecule has 1 aliphatic heterocycles. The predicted octanol–water partition coefficient (Wildman–Crippen LogP) is 2.13. The van der Waals surface area contributed by atoms with E-state index in [0.717, 1.165) is 6.07 Å². The van der Waals surface area contributed by atoms with Gasteiger partial charge in [0.2, 0.25) is 10.0 Å². The van der Waals surface area contributed by atoms with E-state index in [4.69, 9.17) is 11.6 Å². The lowest BCUT2D eigenvalue weighted by Crippen LogP contribution is -2.32. The molecule has 118 valence electrons. The number of halogens is 2. The molecule has 1 saturated heterocycles. The molecule has 3 rings (SSSR count). The first kappa shape index (κ1) is 15.4. The summed E-state index contributed by atoms with van der Waals surface area (Å²) < 4.78 is 42.5. The Balaban J connectivity index is 2.03. The van der Waals surface area contributed by atoms with Gasteiger partial charge in [0.15, 0.2) is 5.82 Å². The third-order valence-electron chi connectivity index (χ3n) is 3.73. The number of nitrogens with zero attached hydrogens (tertiary/aromatic N) is 4. The molecule has 6 nitrogen and oxygen atoms in total. The van der Waals surface area contributed by atoms with E-state index in [9.17, 15) is 12.8 Å². The van der Waals surface area contributed by atoms with Crippen LogP contribution in [-0.4, -0.2) is 34.0 Å². The smallest absolute Gasteiger partial charge is 0.246 e. The molecule has 0 bridgehead atoms. The zero-order valence-corrected chi connectivity index (χ0v) is 13.4. The minimum Gasteiger partial charge on any atom is -0.319 e. The van der Waals surface area contributed by atoms with Gasteiger partial charge in [-0.05, 0) is 31.0 Å². The lowest BCUT2D eigenvalue weighted by molar-refractivity contribution is 0.374. The number of hydrogen-bond acceptors (Lipinski definition) is 4. The molecule has 2 aromatic rings. The monoisotopic (exact) mass is 344 g/mol. The predicted molar refractivity (Wildman–Crippen MR) is 78.3 cm³/mol. The average molecular weight is 345 g/mol. The second kappa shape index (κ2) is 5.60. The Bertz CT molecular complexity index is 808. The number of hydrogen-bond donors (Lipinski definition) is 0. The second-order valence-corrected chi connectivity index (χ2v) is 7.44. The van der Waals surface area contributed by atoms with E-state index in [1.807, 2.05) is 0 Å². The Morgan fingerprint density at radius 2 is 2.18 bits per heavy atom. The summed E-state index contributed by atoms with van der Waals surface area (Å²) in [7, 11) is -2.21. The Labute approximate surface area is 132 Å². The van der Waals surface area contributed by atoms with Crippen LogP contribution in [0.2, 0.25) is 5.02 Å². The van der Waals surface area contributed by atoms with Crippen LogP contribution in [0.4, 0.5) is 4.39 Å². The van der Waals surface area contributed by atoms with E-state index < -0.39 is 21.9 Å². The first-order chi connectivity index (χ1) is 10.4. The molecule has 0 spiro atoms. The zero-order valence-electron chi connectivity index (χ0n) is 11.8. The molecule has 0 N–H and O–H groups in total. The lowest BCUT2D eigenvalue weighted by Gasteiger charge is -2.23. The first-order valence-electron chi connectivity index (χ1n) is 6.72. The molecule has 1 aromatic carbocycles. The summed E-state index contributed by atoms with van der Waals surface area (Å²) in [5.41, 5.74) is 0. The zero-order chi connectivity index (χ0) is 15.9. The molecule has 0 amide bonds. The van der Waals surface area contributed by atoms with E-state index in [-0.39, 0.29) is 9.92 Å². The highest BCUT2D eigenvalue weighted by atomic mass is 35.5. The van der Waals surface area contributed by atoms with Crippen molar-refractivity contribution in [1.82, 2.24) is 19.1 Å². The standard InChI is InChI=1S/C13H14ClFN4O2S/c1-18-8-16-17-13(18)11-3-2-6-19(11)22(20,21)12-5-4-9(14)7-10(12)15/h4-5,7-8,11H,2-3,6H2,1H3. The Morgan fingerprint density at radius 3 is 2.82 bits per heavy atom. The highest BCUT2D eigenvalue weighted by Gasteiger charge is 2.39. The molecular weight excluding hydrogens is 331 g/mol. The van der Waals surface area contributed by atoms with Gasteiger partial charge in [0.1, 0.15) is 17.0 Å². The van der Waals surface area contributed by atoms with Gasteiger partial charge in [0, 0.05) is 18.6 Å². The minimum atomic E-state index is -3.96. The number of aryl methyl sites for hydroxylation is 1. The molecule has 1 atom stereocenters. The molecule has 0 saturated carbocycles. The van der Waals surface area contributed by atoms with E-state index in [1.165, 1.54) is 22.8 Å². The minimum absolute atomic E-state index is 0.155. The van der Waals surface area contributed by atoms with Gasteiger partial charge < -0.3 is 4.57 Å². The van der Waals surface area contributed by atoms with Crippen LogP contribution < -0.4 is 0 Å². The van der Waals surface area contributed by atoms with Crippen LogP contribution in [0.1, 0.15) is 24.7 Å². The van der Waals surface area contributed by atoms with E-state index in [0.29, 0.717) is 25.2 Å². The van der Waals surface area contributed by atoms with Crippen LogP contribution in [0.15, 0.2) is 29.4 Å². The maximum absolute atomic E-state index is 14.0. The van der Waals surface area contributed by atoms with Gasteiger partial charge >= 0.3 is 0 Å². The van der Waals surface area contributed by atoms with Crippen molar-refractivity contribution in [3.63, 3.8) is 0 Å². The van der Waals surface area contributed by atoms with Crippen molar-refractivity contribution in [2.24, 2.45) is 7.05 Å². The first-order valence-corrected chi connectivity index (χ1v) is 8.54. The van der Waals surface area contributed by atoms with Gasteiger partial charge in [0.05, 0.1) is 6.04 Å². The number of sulfonamides is 1. The molecule has 2 heterocycles. The summed E-state index contributed by atoms with van der Waals surface area (Å²) in [5.74, 6) is -0.299. The summed E-state index contributed by atoms with van der Waals surface area (Å²) in [6.07, 6.45) is 2.83. The van der Waals surface area contributed by atoms with Crippen molar-refractivity contribution in [3.8, 4) is 0 Å². The molecule has 1 unspecified atom stereocenters. The van der Waals surface area contributed by atoms with Crippen LogP contribution in [-0.2, 0) is 17.1 Å². The van der Waals surface area contributed by atoms with Crippen LogP contribution in [0.5, 0.6) is 0 Å². The van der Waals surface area contributed by atoms with Gasteiger partial charge in [-0.25, -0.2) is 12.8 Å². The van der Waals surface area contributed by atoms with Crippen LogP contribution in [0.25, 0.3) is 0 Å². The summed E-state index contributed by atoms with van der Waals surface area (Å²) in [6, 6.07) is 3.12. The maximum atomic E-state index is 14.0. The van der Waals surface area contributed by atoms with E-state index >= 15 is 0 Å². The SMILES string of the molecule is Cn1cnnc1C1CCCN1S(=O)(=O)c1ccc(Cl)cc1F. The molecule has 9 heteroatoms. The number of aromatic nitrogens is 3. The third-order valence-corrected chi connectivity index (χ3v) is 5.91. The number of rotatable bonds is 3. The summed E-state index contributed by atoms with van der Waals surface area (Å²) in [6.45, 7) is 0.321. The maximum Gasteiger partial charge on any atom is 0.246 e. The van der Waals surface area contributed by atoms with E-state index in [2.05, 4.69) is 10.2 Å². The molecule has 1 fully saturated rings. The summed E-state index contributed by atoms with van der Waals surface area (Å²) in [4.78, 5) is -0.369. The van der Waals surface area contributed by atoms with Gasteiger partial charge in [-0.3, -0.25) is 0 Å². The van der Waals surface area contributed by atoms with Crippen LogP contribution in [0, 0.1) is 5.82 Å². The summed E-state index contributed by atoms with van der Waals surface area (Å²) in [5, 5.41) is 7.92. The fourth-order valence-corrected chi connectivity index (χ4v) is 4.55. The number of benzene rings is 1. The second-order valence-electron chi connectivity index (χ2n) is 5.15. The van der Waals surface area contributed by atoms with Crippen LogP contribution in [0.3, 0.4) is 0 Å². The highest BCUT2D eigenvalue weighted by molar-refractivity contribution is 7.89. The Kier molecular flexibility index (Phi) is 3.92. The van der Waals surface area contributed by atoms with Crippen molar-refractivity contribution < 1.29 is 12.8 Å². The fraction of sp³-hybridized carbons (Fsp3) is 0.385. The Hall–Kier alpha value is -1.51. The van der Waals surface area contributed by atoms with Crippen molar-refractivity contribution in [1.29, 1.82) is 0 Å². The van der Waals surface area contributed by atoms with Crippen molar-refractivity contribution in [3.05, 3.63) is 41.2 Å². The summed E-state index contributed by atoms with van der Waals surface area (Å²) >= 11 is 5.69. The van der Waals surface area contributed by atoms with Gasteiger partial charge in [-0.15, -0.1) is 10.2 Å². The Morgan fingerprint density at radius 1 is 1.41 bits per heavy atom. The third kappa shape index (κ3) is 2.51. The van der Waals surface area contributed by atoms with Crippen molar-refractivity contribution in [2.45, 2.75) is 23.8 Å². The molecule has 0 aliphatic carbocycles. The van der Waals surface area contributed by atoms with Gasteiger partial charge in [-0.2, -0.15) is 4.31 Å². The molecule has 22 heavy (non-hydrogen) atoms. The average Bonchev–Trinajstić information content (AvgIpc) is 3.06. The van der Waals surface area contributed by atoms with Gasteiger partial charge in [-0.1, -0.05) is 11.6 Å². The normalized spacial score (nSPS) is 19.7. The van der Waals surface area contributed by atoms with Crippen LogP contribution >= 0.6 is 11.6 Å². The largest absolute Gasteiger partial charge is 0.319 e. The molecule has 1 aliphatic rings. The van der Waals surface area contributed by atoms with E-state index in [1.54, 1.807) is 11.6 Å². The van der Waals surface area contributed by atoms with Crippen molar-refractivity contribution in [2.75, 3.05) is 6.54 Å². The lowest BCUT2D eigenvalue weighted by atomic mass is 10.2. The molecular formula is C13H14ClFN4O2S. The molecule has 1 aromatic heterocycles.